The van der Waals surface area contributed by atoms with Crippen LogP contribution < -0.4 is 0 Å². The number of ether oxygens (including phenoxy) is 2. The fraction of sp³-hybridized carbons (Fsp3) is 0.923. The summed E-state index contributed by atoms with van der Waals surface area (Å²) >= 11 is 0. The van der Waals surface area contributed by atoms with Gasteiger partial charge in [-0.2, -0.15) is 0 Å². The molecule has 1 saturated carbocycles. The van der Waals surface area contributed by atoms with Crippen LogP contribution >= 0.6 is 0 Å². The van der Waals surface area contributed by atoms with Crippen molar-refractivity contribution in [2.45, 2.75) is 65.1 Å². The molecule has 0 saturated heterocycles. The first kappa shape index (κ1) is 14.3. The summed E-state index contributed by atoms with van der Waals surface area (Å²) in [4.78, 5) is 13.8. The van der Waals surface area contributed by atoms with Crippen molar-refractivity contribution in [1.29, 1.82) is 0 Å². The Kier molecular flexibility index (Phi) is 4.80. The molecule has 1 aliphatic carbocycles. The maximum absolute atomic E-state index is 12.0. The maximum Gasteiger partial charge on any atom is 0.410 e. The third kappa shape index (κ3) is 3.60. The summed E-state index contributed by atoms with van der Waals surface area (Å²) in [7, 11) is 0. The van der Waals surface area contributed by atoms with Crippen LogP contribution in [0.1, 0.15) is 47.5 Å². The smallest absolute Gasteiger partial charge is 0.410 e. The Morgan fingerprint density at radius 1 is 1.24 bits per heavy atom. The number of carbonyl (C=O) groups excluding carboxylic acids is 1. The number of hydrogen-bond acceptors (Lipinski definition) is 3. The van der Waals surface area contributed by atoms with Gasteiger partial charge in [0, 0.05) is 18.2 Å². The summed E-state index contributed by atoms with van der Waals surface area (Å²) < 4.78 is 10.7. The summed E-state index contributed by atoms with van der Waals surface area (Å²) in [5.41, 5.74) is -0.200. The van der Waals surface area contributed by atoms with E-state index in [0.29, 0.717) is 12.7 Å². The van der Waals surface area contributed by atoms with E-state index < -0.39 is 0 Å². The summed E-state index contributed by atoms with van der Waals surface area (Å²) in [6.07, 6.45) is 1.94. The fourth-order valence-corrected chi connectivity index (χ4v) is 2.28. The minimum absolute atomic E-state index is 0.200. The van der Waals surface area contributed by atoms with E-state index in [-0.39, 0.29) is 17.7 Å². The standard InChI is InChI=1S/C13H25NO3/c1-6-16-11-8-10(9-11)14(13(3,4)5)12(15)17-7-2/h10-11H,6-9H2,1-5H3. The Balaban J connectivity index is 2.58. The van der Waals surface area contributed by atoms with Crippen molar-refractivity contribution in [3.05, 3.63) is 0 Å². The molecule has 0 atom stereocenters. The Bertz CT molecular complexity index is 254. The molecule has 0 aromatic carbocycles. The minimum atomic E-state index is -0.208. The molecule has 4 nitrogen and oxygen atoms in total. The van der Waals surface area contributed by atoms with Gasteiger partial charge in [-0.3, -0.25) is 0 Å². The average molecular weight is 243 g/mol. The van der Waals surface area contributed by atoms with Crippen LogP contribution in [0.4, 0.5) is 4.79 Å². The van der Waals surface area contributed by atoms with E-state index in [9.17, 15) is 4.79 Å². The highest BCUT2D eigenvalue weighted by molar-refractivity contribution is 5.69. The normalized spacial score (nSPS) is 24.1. The monoisotopic (exact) mass is 243 g/mol. The molecule has 0 heterocycles. The van der Waals surface area contributed by atoms with Gasteiger partial charge in [0.15, 0.2) is 0 Å². The molecule has 17 heavy (non-hydrogen) atoms. The SMILES string of the molecule is CCOC(=O)N(C1CC(OCC)C1)C(C)(C)C. The highest BCUT2D eigenvalue weighted by Gasteiger charge is 2.42. The zero-order valence-corrected chi connectivity index (χ0v) is 11.7. The van der Waals surface area contributed by atoms with E-state index >= 15 is 0 Å². The molecule has 1 amide bonds. The number of carbonyl (C=O) groups is 1. The van der Waals surface area contributed by atoms with Crippen molar-refractivity contribution >= 4 is 6.09 Å². The van der Waals surface area contributed by atoms with Crippen molar-refractivity contribution in [3.63, 3.8) is 0 Å². The van der Waals surface area contributed by atoms with Gasteiger partial charge in [-0.15, -0.1) is 0 Å². The Morgan fingerprint density at radius 2 is 1.82 bits per heavy atom. The number of nitrogens with zero attached hydrogens (tertiary/aromatic N) is 1. The van der Waals surface area contributed by atoms with Gasteiger partial charge in [-0.1, -0.05) is 0 Å². The van der Waals surface area contributed by atoms with Crippen LogP contribution in [0.3, 0.4) is 0 Å². The van der Waals surface area contributed by atoms with Crippen LogP contribution in [0.5, 0.6) is 0 Å². The van der Waals surface area contributed by atoms with Crippen molar-refractivity contribution in [1.82, 2.24) is 4.90 Å². The van der Waals surface area contributed by atoms with Crippen molar-refractivity contribution in [3.8, 4) is 0 Å². The summed E-state index contributed by atoms with van der Waals surface area (Å²) in [6.45, 7) is 11.1. The van der Waals surface area contributed by atoms with E-state index in [0.717, 1.165) is 19.4 Å². The number of rotatable bonds is 4. The first-order chi connectivity index (χ1) is 7.90. The van der Waals surface area contributed by atoms with Gasteiger partial charge in [0.1, 0.15) is 0 Å². The molecule has 0 unspecified atom stereocenters. The lowest BCUT2D eigenvalue weighted by Crippen LogP contribution is -2.58. The fourth-order valence-electron chi connectivity index (χ4n) is 2.28. The lowest BCUT2D eigenvalue weighted by atomic mass is 9.85. The van der Waals surface area contributed by atoms with Crippen LogP contribution in [-0.4, -0.2) is 41.9 Å². The molecule has 0 spiro atoms. The van der Waals surface area contributed by atoms with E-state index in [1.165, 1.54) is 0 Å². The zero-order chi connectivity index (χ0) is 13.1. The molecular formula is C13H25NO3. The quantitative estimate of drug-likeness (QED) is 0.762. The molecule has 1 aliphatic rings. The maximum atomic E-state index is 12.0. The van der Waals surface area contributed by atoms with Gasteiger partial charge in [0.25, 0.3) is 0 Å². The third-order valence-corrected chi connectivity index (χ3v) is 3.02. The van der Waals surface area contributed by atoms with E-state index in [1.54, 1.807) is 0 Å². The molecule has 100 valence electrons. The van der Waals surface area contributed by atoms with Crippen LogP contribution in [0, 0.1) is 0 Å². The Morgan fingerprint density at radius 3 is 2.24 bits per heavy atom. The summed E-state index contributed by atoms with van der Waals surface area (Å²) in [6, 6.07) is 0.255. The van der Waals surface area contributed by atoms with Gasteiger partial charge in [-0.25, -0.2) is 4.79 Å². The highest BCUT2D eigenvalue weighted by atomic mass is 16.6. The van der Waals surface area contributed by atoms with Gasteiger partial charge < -0.3 is 14.4 Å². The molecule has 0 N–H and O–H groups in total. The Labute approximate surface area is 104 Å². The van der Waals surface area contributed by atoms with Crippen LogP contribution in [0.25, 0.3) is 0 Å². The predicted molar refractivity (Wildman–Crippen MR) is 67.1 cm³/mol. The van der Waals surface area contributed by atoms with Crippen molar-refractivity contribution in [2.75, 3.05) is 13.2 Å². The second-order valence-corrected chi connectivity index (χ2v) is 5.44. The minimum Gasteiger partial charge on any atom is -0.450 e. The number of amides is 1. The molecule has 0 aromatic heterocycles. The highest BCUT2D eigenvalue weighted by Crippen LogP contribution is 2.33. The van der Waals surface area contributed by atoms with Gasteiger partial charge in [0.05, 0.1) is 12.7 Å². The third-order valence-electron chi connectivity index (χ3n) is 3.02. The second-order valence-electron chi connectivity index (χ2n) is 5.44. The molecular weight excluding hydrogens is 218 g/mol. The summed E-state index contributed by atoms with van der Waals surface area (Å²) in [5, 5.41) is 0. The van der Waals surface area contributed by atoms with Crippen LogP contribution in [0.2, 0.25) is 0 Å². The summed E-state index contributed by atoms with van der Waals surface area (Å²) in [5.74, 6) is 0. The van der Waals surface area contributed by atoms with Crippen LogP contribution in [0.15, 0.2) is 0 Å². The molecule has 1 rings (SSSR count). The molecule has 0 bridgehead atoms. The van der Waals surface area contributed by atoms with Crippen molar-refractivity contribution in [2.24, 2.45) is 0 Å². The molecule has 0 aromatic rings. The molecule has 0 aliphatic heterocycles. The topological polar surface area (TPSA) is 38.8 Å². The van der Waals surface area contributed by atoms with Gasteiger partial charge in [-0.05, 0) is 47.5 Å². The first-order valence-electron chi connectivity index (χ1n) is 6.47. The first-order valence-corrected chi connectivity index (χ1v) is 6.47. The van der Waals surface area contributed by atoms with Crippen molar-refractivity contribution < 1.29 is 14.3 Å². The van der Waals surface area contributed by atoms with Crippen LogP contribution in [-0.2, 0) is 9.47 Å². The van der Waals surface area contributed by atoms with E-state index in [1.807, 2.05) is 39.5 Å². The lowest BCUT2D eigenvalue weighted by molar-refractivity contribution is -0.0632. The van der Waals surface area contributed by atoms with Gasteiger partial charge >= 0.3 is 6.09 Å². The lowest BCUT2D eigenvalue weighted by Gasteiger charge is -2.47. The average Bonchev–Trinajstić information content (AvgIpc) is 2.12. The largest absolute Gasteiger partial charge is 0.450 e. The molecule has 4 heteroatoms. The predicted octanol–water partition coefficient (Wildman–Crippen LogP) is 2.81. The van der Waals surface area contributed by atoms with E-state index in [2.05, 4.69) is 0 Å². The zero-order valence-electron chi connectivity index (χ0n) is 11.7. The molecule has 1 fully saturated rings. The molecule has 0 radical (unpaired) electrons. The van der Waals surface area contributed by atoms with E-state index in [4.69, 9.17) is 9.47 Å². The second kappa shape index (κ2) is 5.71. The van der Waals surface area contributed by atoms with Gasteiger partial charge in [0.2, 0.25) is 0 Å². The Hall–Kier alpha value is -0.770. The number of hydrogen-bond donors (Lipinski definition) is 0.